The van der Waals surface area contributed by atoms with Gasteiger partial charge in [0.2, 0.25) is 11.8 Å². The molecule has 0 atom stereocenters. The van der Waals surface area contributed by atoms with Crippen molar-refractivity contribution in [2.75, 3.05) is 6.61 Å². The Kier molecular flexibility index (Phi) is 5.91. The first-order chi connectivity index (χ1) is 8.69. The molecule has 1 amide bonds. The Bertz CT molecular complexity index is 428. The molecule has 0 bridgehead atoms. The maximum atomic E-state index is 11.7. The summed E-state index contributed by atoms with van der Waals surface area (Å²) in [5.41, 5.74) is 1.62. The summed E-state index contributed by atoms with van der Waals surface area (Å²) in [4.78, 5) is 15.9. The Balaban J connectivity index is 2.63. The third-order valence-corrected chi connectivity index (χ3v) is 2.44. The van der Waals surface area contributed by atoms with Gasteiger partial charge in [-0.05, 0) is 26.3 Å². The minimum Gasteiger partial charge on any atom is -0.478 e. The van der Waals surface area contributed by atoms with Gasteiger partial charge in [-0.3, -0.25) is 4.79 Å². The first kappa shape index (κ1) is 14.2. The van der Waals surface area contributed by atoms with E-state index in [9.17, 15) is 4.79 Å². The van der Waals surface area contributed by atoms with E-state index in [0.717, 1.165) is 17.6 Å². The van der Waals surface area contributed by atoms with Crippen molar-refractivity contribution in [1.82, 2.24) is 10.3 Å². The Morgan fingerprint density at radius 2 is 2.28 bits per heavy atom. The number of rotatable bonds is 6. The van der Waals surface area contributed by atoms with Gasteiger partial charge in [0, 0.05) is 23.9 Å². The van der Waals surface area contributed by atoms with Crippen LogP contribution >= 0.6 is 0 Å². The molecule has 0 fully saturated rings. The highest BCUT2D eigenvalue weighted by Crippen LogP contribution is 2.13. The predicted octanol–water partition coefficient (Wildman–Crippen LogP) is 2.45. The zero-order valence-electron chi connectivity index (χ0n) is 11.2. The molecule has 0 saturated carbocycles. The van der Waals surface area contributed by atoms with Crippen LogP contribution in [0, 0.1) is 0 Å². The highest BCUT2D eigenvalue weighted by atomic mass is 16.5. The molecule has 4 nitrogen and oxygen atoms in total. The minimum absolute atomic E-state index is 0.0526. The van der Waals surface area contributed by atoms with E-state index in [1.54, 1.807) is 6.20 Å². The number of hydrogen-bond donors (Lipinski definition) is 1. The van der Waals surface area contributed by atoms with E-state index in [0.29, 0.717) is 19.0 Å². The molecule has 1 aromatic heterocycles. The van der Waals surface area contributed by atoms with E-state index in [1.165, 1.54) is 0 Å². The van der Waals surface area contributed by atoms with Crippen LogP contribution < -0.4 is 10.1 Å². The lowest BCUT2D eigenvalue weighted by molar-refractivity contribution is -0.117. The molecule has 0 aliphatic carbocycles. The quantitative estimate of drug-likeness (QED) is 0.787. The van der Waals surface area contributed by atoms with Gasteiger partial charge in [-0.25, -0.2) is 4.98 Å². The fraction of sp³-hybridized carbons (Fsp3) is 0.429. The zero-order valence-corrected chi connectivity index (χ0v) is 11.2. The number of nitrogens with one attached hydrogen (secondary N) is 1. The van der Waals surface area contributed by atoms with Gasteiger partial charge in [0.15, 0.2) is 0 Å². The summed E-state index contributed by atoms with van der Waals surface area (Å²) in [6.07, 6.45) is 4.44. The van der Waals surface area contributed by atoms with Crippen molar-refractivity contribution in [1.29, 1.82) is 0 Å². The third-order valence-electron chi connectivity index (χ3n) is 2.44. The summed E-state index contributed by atoms with van der Waals surface area (Å²) in [6, 6.07) is 3.73. The number of pyridine rings is 1. The number of carbonyl (C=O) groups is 1. The number of allylic oxidation sites excluding steroid dienone is 1. The average Bonchev–Trinajstić information content (AvgIpc) is 2.38. The van der Waals surface area contributed by atoms with Crippen LogP contribution in [0.15, 0.2) is 30.0 Å². The first-order valence-corrected chi connectivity index (χ1v) is 6.20. The molecule has 0 saturated heterocycles. The van der Waals surface area contributed by atoms with E-state index >= 15 is 0 Å². The highest BCUT2D eigenvalue weighted by Gasteiger charge is 2.07. The third kappa shape index (κ3) is 4.20. The lowest BCUT2D eigenvalue weighted by Gasteiger charge is -2.09. The summed E-state index contributed by atoms with van der Waals surface area (Å²) >= 11 is 0. The first-order valence-electron chi connectivity index (χ1n) is 6.20. The predicted molar refractivity (Wildman–Crippen MR) is 71.3 cm³/mol. The molecular weight excluding hydrogens is 228 g/mol. The molecule has 4 heteroatoms. The summed E-state index contributed by atoms with van der Waals surface area (Å²) in [6.45, 7) is 6.71. The average molecular weight is 248 g/mol. The lowest BCUT2D eigenvalue weighted by Crippen LogP contribution is -2.24. The second-order valence-corrected chi connectivity index (χ2v) is 3.88. The fourth-order valence-corrected chi connectivity index (χ4v) is 1.54. The molecule has 1 heterocycles. The Labute approximate surface area is 108 Å². The summed E-state index contributed by atoms with van der Waals surface area (Å²) in [5.74, 6) is 0.528. The fourth-order valence-electron chi connectivity index (χ4n) is 1.54. The molecule has 0 aliphatic rings. The Morgan fingerprint density at radius 1 is 1.50 bits per heavy atom. The Hall–Kier alpha value is -1.84. The van der Waals surface area contributed by atoms with E-state index < -0.39 is 0 Å². The minimum atomic E-state index is -0.0526. The molecule has 0 spiro atoms. The molecule has 1 aromatic rings. The standard InChI is InChI=1S/C14H20N2O2/c1-4-7-11(3)13(17)16-10-12-8-6-9-15-14(12)18-5-2/h6-9H,4-5,10H2,1-3H3,(H,16,17). The van der Waals surface area contributed by atoms with Crippen LogP contribution in [0.4, 0.5) is 0 Å². The smallest absolute Gasteiger partial charge is 0.246 e. The maximum absolute atomic E-state index is 11.7. The van der Waals surface area contributed by atoms with E-state index in [2.05, 4.69) is 10.3 Å². The molecule has 0 aromatic carbocycles. The van der Waals surface area contributed by atoms with Crippen LogP contribution in [0.5, 0.6) is 5.88 Å². The van der Waals surface area contributed by atoms with Crippen LogP contribution in [0.1, 0.15) is 32.8 Å². The maximum Gasteiger partial charge on any atom is 0.246 e. The van der Waals surface area contributed by atoms with Gasteiger partial charge in [0.1, 0.15) is 0 Å². The van der Waals surface area contributed by atoms with Crippen LogP contribution in [-0.4, -0.2) is 17.5 Å². The van der Waals surface area contributed by atoms with Crippen molar-refractivity contribution in [2.45, 2.75) is 33.7 Å². The summed E-state index contributed by atoms with van der Waals surface area (Å²) in [7, 11) is 0. The van der Waals surface area contributed by atoms with Crippen molar-refractivity contribution in [2.24, 2.45) is 0 Å². The van der Waals surface area contributed by atoms with E-state index in [4.69, 9.17) is 4.74 Å². The number of carbonyl (C=O) groups excluding carboxylic acids is 1. The SMILES string of the molecule is CCC=C(C)C(=O)NCc1cccnc1OCC. The van der Waals surface area contributed by atoms with Gasteiger partial charge in [-0.15, -0.1) is 0 Å². The number of amides is 1. The second-order valence-electron chi connectivity index (χ2n) is 3.88. The van der Waals surface area contributed by atoms with Gasteiger partial charge >= 0.3 is 0 Å². The summed E-state index contributed by atoms with van der Waals surface area (Å²) < 4.78 is 5.40. The number of hydrogen-bond acceptors (Lipinski definition) is 3. The topological polar surface area (TPSA) is 51.2 Å². The second kappa shape index (κ2) is 7.48. The summed E-state index contributed by atoms with van der Waals surface area (Å²) in [5, 5.41) is 2.86. The van der Waals surface area contributed by atoms with Gasteiger partial charge < -0.3 is 10.1 Å². The van der Waals surface area contributed by atoms with Gasteiger partial charge in [0.05, 0.1) is 6.61 Å². The molecule has 1 N–H and O–H groups in total. The van der Waals surface area contributed by atoms with Gasteiger partial charge in [-0.2, -0.15) is 0 Å². The number of aromatic nitrogens is 1. The van der Waals surface area contributed by atoms with Crippen molar-refractivity contribution < 1.29 is 9.53 Å². The van der Waals surface area contributed by atoms with Crippen molar-refractivity contribution in [3.05, 3.63) is 35.5 Å². The highest BCUT2D eigenvalue weighted by molar-refractivity contribution is 5.92. The van der Waals surface area contributed by atoms with Crippen molar-refractivity contribution in [3.63, 3.8) is 0 Å². The van der Waals surface area contributed by atoms with Crippen LogP contribution in [0.25, 0.3) is 0 Å². The molecule has 18 heavy (non-hydrogen) atoms. The zero-order chi connectivity index (χ0) is 13.4. The molecule has 0 aliphatic heterocycles. The van der Waals surface area contributed by atoms with E-state index in [-0.39, 0.29) is 5.91 Å². The largest absolute Gasteiger partial charge is 0.478 e. The van der Waals surface area contributed by atoms with E-state index in [1.807, 2.05) is 39.0 Å². The van der Waals surface area contributed by atoms with Crippen molar-refractivity contribution in [3.8, 4) is 5.88 Å². The van der Waals surface area contributed by atoms with Crippen LogP contribution in [-0.2, 0) is 11.3 Å². The van der Waals surface area contributed by atoms with Crippen molar-refractivity contribution >= 4 is 5.91 Å². The lowest BCUT2D eigenvalue weighted by atomic mass is 10.2. The molecule has 98 valence electrons. The molecule has 1 rings (SSSR count). The molecular formula is C14H20N2O2. The number of nitrogens with zero attached hydrogens (tertiary/aromatic N) is 1. The Morgan fingerprint density at radius 3 is 2.94 bits per heavy atom. The molecule has 0 unspecified atom stereocenters. The van der Waals surface area contributed by atoms with Crippen LogP contribution in [0.2, 0.25) is 0 Å². The van der Waals surface area contributed by atoms with Crippen LogP contribution in [0.3, 0.4) is 0 Å². The van der Waals surface area contributed by atoms with Gasteiger partial charge in [0.25, 0.3) is 0 Å². The van der Waals surface area contributed by atoms with Gasteiger partial charge in [-0.1, -0.05) is 19.1 Å². The monoisotopic (exact) mass is 248 g/mol. The number of ether oxygens (including phenoxy) is 1. The normalized spacial score (nSPS) is 11.2. The molecule has 0 radical (unpaired) electrons.